The number of hydrogen-bond donors (Lipinski definition) is 3. The Labute approximate surface area is 494 Å². The lowest BCUT2D eigenvalue weighted by molar-refractivity contribution is -0.143. The number of ether oxygens (including phenoxy) is 1. The third kappa shape index (κ3) is 65.1. The first-order chi connectivity index (χ1) is 39.0. The highest BCUT2D eigenvalue weighted by Gasteiger charge is 2.18. The highest BCUT2D eigenvalue weighted by atomic mass is 16.5. The van der Waals surface area contributed by atoms with Gasteiger partial charge in [0.25, 0.3) is 0 Å². The molecule has 0 spiro atoms. The van der Waals surface area contributed by atoms with E-state index in [0.29, 0.717) is 19.4 Å². The second kappa shape index (κ2) is 68.6. The maximum atomic E-state index is 12.5. The van der Waals surface area contributed by atoms with Gasteiger partial charge in [0.15, 0.2) is 0 Å². The van der Waals surface area contributed by atoms with Gasteiger partial charge in [-0.2, -0.15) is 0 Å². The van der Waals surface area contributed by atoms with Gasteiger partial charge in [0.1, 0.15) is 0 Å². The number of carbonyl (C=O) groups is 2. The molecule has 0 heterocycles. The summed E-state index contributed by atoms with van der Waals surface area (Å²) in [5, 5.41) is 23.2. The van der Waals surface area contributed by atoms with Crippen LogP contribution in [-0.4, -0.2) is 47.4 Å². The van der Waals surface area contributed by atoms with Crippen molar-refractivity contribution in [3.05, 3.63) is 36.5 Å². The van der Waals surface area contributed by atoms with Gasteiger partial charge in [0, 0.05) is 12.8 Å². The largest absolute Gasteiger partial charge is 0.466 e. The molecule has 0 saturated heterocycles. The van der Waals surface area contributed by atoms with Crippen molar-refractivity contribution in [2.24, 2.45) is 0 Å². The molecule has 0 radical (unpaired) electrons. The predicted octanol–water partition coefficient (Wildman–Crippen LogP) is 23.1. The SMILES string of the molecule is CCC/C=C\C/C=C\CCCCCCCC(=O)OCCCCCCCCCCCCCCCCCCCCCCCCCCCCCCCC(=O)NC(CO)C(O)/C=C/CCCCCCCCCCCCCCCCCCCC. The van der Waals surface area contributed by atoms with Crippen LogP contribution < -0.4 is 5.32 Å². The van der Waals surface area contributed by atoms with Crippen LogP contribution in [0.1, 0.15) is 393 Å². The van der Waals surface area contributed by atoms with Gasteiger partial charge >= 0.3 is 5.97 Å². The fourth-order valence-electron chi connectivity index (χ4n) is 11.2. The number of esters is 1. The van der Waals surface area contributed by atoms with E-state index in [9.17, 15) is 19.8 Å². The van der Waals surface area contributed by atoms with Crippen LogP contribution in [0, 0.1) is 0 Å². The number of unbranched alkanes of at least 4 members (excludes halogenated alkanes) is 52. The molecule has 2 atom stereocenters. The van der Waals surface area contributed by atoms with E-state index in [2.05, 4.69) is 43.5 Å². The topological polar surface area (TPSA) is 95.9 Å². The summed E-state index contributed by atoms with van der Waals surface area (Å²) in [6, 6.07) is -0.626. The quantitative estimate of drug-likeness (QED) is 0.0320. The molecular weight excluding hydrogens is 971 g/mol. The van der Waals surface area contributed by atoms with Gasteiger partial charge in [0.2, 0.25) is 5.91 Å². The lowest BCUT2D eigenvalue weighted by Crippen LogP contribution is -2.45. The van der Waals surface area contributed by atoms with E-state index in [1.165, 1.54) is 315 Å². The Hall–Kier alpha value is -1.92. The van der Waals surface area contributed by atoms with Crippen molar-refractivity contribution in [2.75, 3.05) is 13.2 Å². The Morgan fingerprint density at radius 3 is 1.01 bits per heavy atom. The van der Waals surface area contributed by atoms with Crippen molar-refractivity contribution < 1.29 is 24.5 Å². The van der Waals surface area contributed by atoms with Crippen LogP contribution >= 0.6 is 0 Å². The Bertz CT molecular complexity index is 1280. The number of rotatable bonds is 67. The molecule has 0 bridgehead atoms. The molecule has 0 aromatic rings. The monoisotopic (exact) mass is 1110 g/mol. The number of allylic oxidation sites excluding steroid dienone is 5. The predicted molar refractivity (Wildman–Crippen MR) is 347 cm³/mol. The molecule has 6 nitrogen and oxygen atoms in total. The zero-order chi connectivity index (χ0) is 57.1. The summed E-state index contributed by atoms with van der Waals surface area (Å²) < 4.78 is 5.48. The molecule has 0 aliphatic heterocycles. The average Bonchev–Trinajstić information content (AvgIpc) is 3.45. The van der Waals surface area contributed by atoms with E-state index in [0.717, 1.165) is 51.4 Å². The Kier molecular flexibility index (Phi) is 66.9. The highest BCUT2D eigenvalue weighted by Crippen LogP contribution is 2.19. The zero-order valence-corrected chi connectivity index (χ0v) is 53.4. The third-order valence-corrected chi connectivity index (χ3v) is 16.6. The van der Waals surface area contributed by atoms with Gasteiger partial charge < -0.3 is 20.3 Å². The molecule has 3 N–H and O–H groups in total. The van der Waals surface area contributed by atoms with Crippen molar-refractivity contribution in [1.82, 2.24) is 5.32 Å². The molecule has 0 aliphatic carbocycles. The van der Waals surface area contributed by atoms with Crippen molar-refractivity contribution in [1.29, 1.82) is 0 Å². The molecular formula is C73H139NO5. The minimum absolute atomic E-state index is 0.00409. The first-order valence-corrected chi connectivity index (χ1v) is 35.8. The summed E-state index contributed by atoms with van der Waals surface area (Å²) in [5.41, 5.74) is 0. The lowest BCUT2D eigenvalue weighted by Gasteiger charge is -2.20. The molecule has 2 unspecified atom stereocenters. The molecule has 0 rings (SSSR count). The molecule has 0 saturated carbocycles. The average molecular weight is 1110 g/mol. The molecule has 0 aromatic heterocycles. The van der Waals surface area contributed by atoms with E-state index in [1.54, 1.807) is 6.08 Å². The van der Waals surface area contributed by atoms with Gasteiger partial charge in [-0.25, -0.2) is 0 Å². The zero-order valence-electron chi connectivity index (χ0n) is 53.4. The number of hydrogen-bond acceptors (Lipinski definition) is 5. The van der Waals surface area contributed by atoms with Crippen LogP contribution in [0.25, 0.3) is 0 Å². The fourth-order valence-corrected chi connectivity index (χ4v) is 11.2. The number of aliphatic hydroxyl groups excluding tert-OH is 2. The number of amides is 1. The highest BCUT2D eigenvalue weighted by molar-refractivity contribution is 5.76. The Morgan fingerprint density at radius 1 is 0.354 bits per heavy atom. The van der Waals surface area contributed by atoms with E-state index in [1.807, 2.05) is 6.08 Å². The Morgan fingerprint density at radius 2 is 0.658 bits per heavy atom. The van der Waals surface area contributed by atoms with Crippen molar-refractivity contribution >= 4 is 11.9 Å². The van der Waals surface area contributed by atoms with E-state index < -0.39 is 12.1 Å². The van der Waals surface area contributed by atoms with E-state index in [4.69, 9.17) is 4.74 Å². The van der Waals surface area contributed by atoms with Crippen LogP contribution in [0.2, 0.25) is 0 Å². The summed E-state index contributed by atoms with van der Waals surface area (Å²) in [6.45, 7) is 4.87. The second-order valence-electron chi connectivity index (χ2n) is 24.6. The van der Waals surface area contributed by atoms with Crippen LogP contribution in [-0.2, 0) is 14.3 Å². The minimum Gasteiger partial charge on any atom is -0.466 e. The normalized spacial score (nSPS) is 12.7. The first-order valence-electron chi connectivity index (χ1n) is 35.8. The maximum absolute atomic E-state index is 12.5. The van der Waals surface area contributed by atoms with Crippen LogP contribution in [0.5, 0.6) is 0 Å². The van der Waals surface area contributed by atoms with Crippen molar-refractivity contribution in [2.45, 2.75) is 405 Å². The van der Waals surface area contributed by atoms with Crippen LogP contribution in [0.3, 0.4) is 0 Å². The van der Waals surface area contributed by atoms with Crippen molar-refractivity contribution in [3.8, 4) is 0 Å². The van der Waals surface area contributed by atoms with Crippen LogP contribution in [0.15, 0.2) is 36.5 Å². The molecule has 0 fully saturated rings. The number of aliphatic hydroxyl groups is 2. The van der Waals surface area contributed by atoms with Gasteiger partial charge in [-0.3, -0.25) is 9.59 Å². The molecule has 1 amide bonds. The molecule has 79 heavy (non-hydrogen) atoms. The standard InChI is InChI=1S/C73H139NO5/c1-3-5-7-9-11-13-15-17-18-19-20-32-35-38-42-45-49-53-57-61-65-71(76)70(69-75)74-72(77)66-62-58-54-50-46-43-39-36-33-30-28-26-24-22-21-23-25-27-29-31-34-37-40-44-48-52-56-60-64-68-79-73(78)67-63-59-55-51-47-41-16-14-12-10-8-6-4-2/h8,10,14,16,61,65,70-71,75-76H,3-7,9,11-13,15,17-60,62-64,66-69H2,1-2H3,(H,74,77)/b10-8-,16-14-,65-61+. The Balaban J connectivity index is 3.37. The first kappa shape index (κ1) is 77.1. The van der Waals surface area contributed by atoms with Gasteiger partial charge in [-0.1, -0.05) is 359 Å². The summed E-state index contributed by atoms with van der Waals surface area (Å²) in [7, 11) is 0. The van der Waals surface area contributed by atoms with Gasteiger partial charge in [0.05, 0.1) is 25.4 Å². The van der Waals surface area contributed by atoms with E-state index in [-0.39, 0.29) is 18.5 Å². The minimum atomic E-state index is -0.843. The van der Waals surface area contributed by atoms with E-state index >= 15 is 0 Å². The van der Waals surface area contributed by atoms with Gasteiger partial charge in [-0.05, 0) is 57.8 Å². The summed E-state index contributed by atoms with van der Waals surface area (Å²) >= 11 is 0. The molecule has 6 heteroatoms. The fraction of sp³-hybridized carbons (Fsp3) is 0.890. The summed E-state index contributed by atoms with van der Waals surface area (Å²) in [4.78, 5) is 24.6. The summed E-state index contributed by atoms with van der Waals surface area (Å²) in [5.74, 6) is -0.0568. The number of nitrogens with one attached hydrogen (secondary N) is 1. The third-order valence-electron chi connectivity index (χ3n) is 16.6. The lowest BCUT2D eigenvalue weighted by atomic mass is 10.0. The summed E-state index contributed by atoms with van der Waals surface area (Å²) in [6.07, 6.45) is 88.0. The van der Waals surface area contributed by atoms with Gasteiger partial charge in [-0.15, -0.1) is 0 Å². The molecule has 466 valence electrons. The maximum Gasteiger partial charge on any atom is 0.305 e. The molecule has 0 aromatic carbocycles. The molecule has 0 aliphatic rings. The number of carbonyl (C=O) groups excluding carboxylic acids is 2. The van der Waals surface area contributed by atoms with Crippen LogP contribution in [0.4, 0.5) is 0 Å². The smallest absolute Gasteiger partial charge is 0.305 e. The van der Waals surface area contributed by atoms with Crippen molar-refractivity contribution in [3.63, 3.8) is 0 Å². The second-order valence-corrected chi connectivity index (χ2v) is 24.6.